The summed E-state index contributed by atoms with van der Waals surface area (Å²) in [5.74, 6) is 0.619. The van der Waals surface area contributed by atoms with Crippen LogP contribution in [0.5, 0.6) is 0 Å². The molecule has 0 bridgehead atoms. The fraction of sp³-hybridized carbons (Fsp3) is 0.286. The van der Waals surface area contributed by atoms with Crippen LogP contribution in [0.2, 0.25) is 0 Å². The van der Waals surface area contributed by atoms with Gasteiger partial charge < -0.3 is 4.57 Å². The molecule has 1 aliphatic rings. The molecule has 0 aliphatic carbocycles. The highest BCUT2D eigenvalue weighted by Gasteiger charge is 2.15. The Kier molecular flexibility index (Phi) is 3.53. The lowest BCUT2D eigenvalue weighted by molar-refractivity contribution is 0.545. The Labute approximate surface area is 137 Å². The lowest BCUT2D eigenvalue weighted by Crippen LogP contribution is -2.04. The number of allylic oxidation sites excluding steroid dienone is 1. The highest BCUT2D eigenvalue weighted by molar-refractivity contribution is 6.08. The van der Waals surface area contributed by atoms with Crippen molar-refractivity contribution in [1.29, 1.82) is 0 Å². The quantitative estimate of drug-likeness (QED) is 0.606. The van der Waals surface area contributed by atoms with Crippen molar-refractivity contribution < 1.29 is 0 Å². The maximum atomic E-state index is 4.63. The molecule has 3 aromatic rings. The monoisotopic (exact) mass is 302 g/mol. The number of nitrogens with zero attached hydrogens (tertiary/aromatic N) is 2. The fourth-order valence-electron chi connectivity index (χ4n) is 3.54. The van der Waals surface area contributed by atoms with Gasteiger partial charge in [-0.2, -0.15) is 0 Å². The second-order valence-electron chi connectivity index (χ2n) is 6.78. The highest BCUT2D eigenvalue weighted by Crippen LogP contribution is 2.33. The molecule has 4 rings (SSSR count). The SMILES string of the molecule is CC(C)Cn1c2ccccc2c2ccc(C3CC=CC=N3)cc21. The molecule has 0 radical (unpaired) electrons. The van der Waals surface area contributed by atoms with Gasteiger partial charge in [0.2, 0.25) is 0 Å². The zero-order valence-corrected chi connectivity index (χ0v) is 13.7. The van der Waals surface area contributed by atoms with E-state index in [0.717, 1.165) is 13.0 Å². The van der Waals surface area contributed by atoms with E-state index in [1.807, 2.05) is 12.3 Å². The number of aliphatic imine (C=N–C) groups is 1. The van der Waals surface area contributed by atoms with Crippen LogP contribution in [0.4, 0.5) is 0 Å². The number of hydrogen-bond donors (Lipinski definition) is 0. The molecule has 0 saturated heterocycles. The predicted molar refractivity (Wildman–Crippen MR) is 99.3 cm³/mol. The largest absolute Gasteiger partial charge is 0.340 e. The Bertz CT molecular complexity index is 912. The first-order valence-electron chi connectivity index (χ1n) is 8.43. The maximum Gasteiger partial charge on any atom is 0.0784 e. The summed E-state index contributed by atoms with van der Waals surface area (Å²) in [6.07, 6.45) is 7.14. The number of benzene rings is 2. The third-order valence-corrected chi connectivity index (χ3v) is 4.58. The van der Waals surface area contributed by atoms with E-state index in [1.54, 1.807) is 0 Å². The Hall–Kier alpha value is -2.35. The minimum atomic E-state index is 0.259. The normalized spacial score (nSPS) is 17.6. The molecule has 1 aromatic heterocycles. The molecule has 1 unspecified atom stereocenters. The number of aromatic nitrogens is 1. The first-order valence-corrected chi connectivity index (χ1v) is 8.43. The third kappa shape index (κ3) is 2.48. The standard InChI is InChI=1S/C21H22N2/c1-15(2)14-23-20-9-4-3-7-17(20)18-11-10-16(13-21(18)23)19-8-5-6-12-22-19/h3-7,9-13,15,19H,8,14H2,1-2H3. The summed E-state index contributed by atoms with van der Waals surface area (Å²) in [5, 5.41) is 2.70. The van der Waals surface area contributed by atoms with E-state index >= 15 is 0 Å². The number of rotatable bonds is 3. The van der Waals surface area contributed by atoms with Gasteiger partial charge in [0.15, 0.2) is 0 Å². The number of para-hydroxylation sites is 1. The zero-order valence-electron chi connectivity index (χ0n) is 13.7. The van der Waals surface area contributed by atoms with Crippen LogP contribution in [0.15, 0.2) is 59.6 Å². The Morgan fingerprint density at radius 1 is 1.09 bits per heavy atom. The summed E-state index contributed by atoms with van der Waals surface area (Å²) in [6, 6.07) is 15.9. The Balaban J connectivity index is 1.93. The van der Waals surface area contributed by atoms with Gasteiger partial charge in [-0.1, -0.05) is 50.3 Å². The van der Waals surface area contributed by atoms with Gasteiger partial charge in [-0.25, -0.2) is 0 Å². The van der Waals surface area contributed by atoms with Gasteiger partial charge >= 0.3 is 0 Å². The summed E-state index contributed by atoms with van der Waals surface area (Å²) in [6.45, 7) is 5.60. The summed E-state index contributed by atoms with van der Waals surface area (Å²) >= 11 is 0. The van der Waals surface area contributed by atoms with Crippen molar-refractivity contribution in [2.75, 3.05) is 0 Å². The second-order valence-corrected chi connectivity index (χ2v) is 6.78. The van der Waals surface area contributed by atoms with E-state index in [1.165, 1.54) is 27.4 Å². The van der Waals surface area contributed by atoms with E-state index in [2.05, 4.69) is 71.9 Å². The Morgan fingerprint density at radius 2 is 1.91 bits per heavy atom. The molecule has 0 amide bonds. The molecule has 0 spiro atoms. The van der Waals surface area contributed by atoms with Crippen molar-refractivity contribution in [2.45, 2.75) is 32.9 Å². The smallest absolute Gasteiger partial charge is 0.0784 e. The van der Waals surface area contributed by atoms with E-state index < -0.39 is 0 Å². The van der Waals surface area contributed by atoms with E-state index in [0.29, 0.717) is 5.92 Å². The van der Waals surface area contributed by atoms with Gasteiger partial charge in [0.25, 0.3) is 0 Å². The predicted octanol–water partition coefficient (Wildman–Crippen LogP) is 5.52. The minimum Gasteiger partial charge on any atom is -0.340 e. The average molecular weight is 302 g/mol. The molecule has 116 valence electrons. The van der Waals surface area contributed by atoms with Gasteiger partial charge in [-0.15, -0.1) is 0 Å². The average Bonchev–Trinajstić information content (AvgIpc) is 2.89. The van der Waals surface area contributed by atoms with Crippen LogP contribution in [0.25, 0.3) is 21.8 Å². The first kappa shape index (κ1) is 14.3. The van der Waals surface area contributed by atoms with Crippen LogP contribution in [0, 0.1) is 5.92 Å². The molecule has 1 atom stereocenters. The maximum absolute atomic E-state index is 4.63. The van der Waals surface area contributed by atoms with E-state index in [4.69, 9.17) is 0 Å². The van der Waals surface area contributed by atoms with Crippen molar-refractivity contribution in [3.63, 3.8) is 0 Å². The fourth-order valence-corrected chi connectivity index (χ4v) is 3.54. The van der Waals surface area contributed by atoms with Crippen LogP contribution in [0.3, 0.4) is 0 Å². The molecule has 0 N–H and O–H groups in total. The lowest BCUT2D eigenvalue weighted by atomic mass is 10.0. The summed E-state index contributed by atoms with van der Waals surface area (Å²) in [5.41, 5.74) is 3.98. The summed E-state index contributed by atoms with van der Waals surface area (Å²) in [4.78, 5) is 4.63. The molecular weight excluding hydrogens is 280 g/mol. The van der Waals surface area contributed by atoms with Crippen molar-refractivity contribution in [2.24, 2.45) is 10.9 Å². The van der Waals surface area contributed by atoms with Crippen molar-refractivity contribution >= 4 is 28.0 Å². The van der Waals surface area contributed by atoms with Gasteiger partial charge in [-0.05, 0) is 36.1 Å². The molecular formula is C21H22N2. The first-order chi connectivity index (χ1) is 11.2. The summed E-state index contributed by atoms with van der Waals surface area (Å²) < 4.78 is 2.47. The van der Waals surface area contributed by atoms with Crippen LogP contribution in [-0.2, 0) is 6.54 Å². The van der Waals surface area contributed by atoms with Crippen molar-refractivity contribution in [3.8, 4) is 0 Å². The number of hydrogen-bond acceptors (Lipinski definition) is 1. The van der Waals surface area contributed by atoms with E-state index in [9.17, 15) is 0 Å². The van der Waals surface area contributed by atoms with Crippen LogP contribution in [0.1, 0.15) is 31.9 Å². The molecule has 2 aromatic carbocycles. The molecule has 2 heteroatoms. The minimum absolute atomic E-state index is 0.259. The van der Waals surface area contributed by atoms with Crippen LogP contribution < -0.4 is 0 Å². The highest BCUT2D eigenvalue weighted by atomic mass is 15.0. The van der Waals surface area contributed by atoms with Gasteiger partial charge in [0.1, 0.15) is 0 Å². The van der Waals surface area contributed by atoms with Crippen LogP contribution >= 0.6 is 0 Å². The lowest BCUT2D eigenvalue weighted by Gasteiger charge is -2.15. The topological polar surface area (TPSA) is 17.3 Å². The molecule has 2 heterocycles. The van der Waals surface area contributed by atoms with Gasteiger partial charge in [-0.3, -0.25) is 4.99 Å². The zero-order chi connectivity index (χ0) is 15.8. The Morgan fingerprint density at radius 3 is 2.70 bits per heavy atom. The number of fused-ring (bicyclic) bond motifs is 3. The molecule has 0 saturated carbocycles. The van der Waals surface area contributed by atoms with Crippen molar-refractivity contribution in [1.82, 2.24) is 4.57 Å². The second kappa shape index (κ2) is 5.69. The van der Waals surface area contributed by atoms with Gasteiger partial charge in [0.05, 0.1) is 6.04 Å². The van der Waals surface area contributed by atoms with Gasteiger partial charge in [0, 0.05) is 34.6 Å². The van der Waals surface area contributed by atoms with E-state index in [-0.39, 0.29) is 6.04 Å². The molecule has 23 heavy (non-hydrogen) atoms. The third-order valence-electron chi connectivity index (χ3n) is 4.58. The molecule has 1 aliphatic heterocycles. The van der Waals surface area contributed by atoms with Crippen molar-refractivity contribution in [3.05, 3.63) is 60.2 Å². The molecule has 0 fully saturated rings. The number of dihydropyridines is 1. The summed E-state index contributed by atoms with van der Waals surface area (Å²) in [7, 11) is 0. The van der Waals surface area contributed by atoms with Crippen LogP contribution in [-0.4, -0.2) is 10.8 Å². The molecule has 2 nitrogen and oxygen atoms in total.